The maximum atomic E-state index is 11.0. The number of carbonyl (C=O) groups is 2. The minimum absolute atomic E-state index is 0.0122. The van der Waals surface area contributed by atoms with Gasteiger partial charge in [-0.15, -0.1) is 0 Å². The Morgan fingerprint density at radius 2 is 1.94 bits per heavy atom. The largest absolute Gasteiger partial charge is 0.322 e. The third-order valence-electron chi connectivity index (χ3n) is 2.04. The average Bonchev–Trinajstić information content (AvgIpc) is 2.19. The SMILES string of the molecule is CC(=O)NC(=Cc1ccccc1C)C([NH])=O. The van der Waals surface area contributed by atoms with E-state index >= 15 is 0 Å². The summed E-state index contributed by atoms with van der Waals surface area (Å²) in [5.74, 6) is -1.26. The lowest BCUT2D eigenvalue weighted by atomic mass is 10.1. The molecule has 0 aromatic heterocycles. The second-order valence-corrected chi connectivity index (χ2v) is 3.42. The van der Waals surface area contributed by atoms with Gasteiger partial charge in [-0.25, -0.2) is 0 Å². The Labute approximate surface area is 94.1 Å². The van der Waals surface area contributed by atoms with Crippen LogP contribution in [-0.4, -0.2) is 11.8 Å². The number of benzene rings is 1. The minimum atomic E-state index is -0.904. The van der Waals surface area contributed by atoms with Crippen LogP contribution in [0.4, 0.5) is 0 Å². The van der Waals surface area contributed by atoms with E-state index in [1.165, 1.54) is 13.0 Å². The normalized spacial score (nSPS) is 11.0. The number of hydrogen-bond acceptors (Lipinski definition) is 2. The molecule has 0 aliphatic carbocycles. The third kappa shape index (κ3) is 3.24. The number of aryl methyl sites for hydroxylation is 1. The summed E-state index contributed by atoms with van der Waals surface area (Å²) < 4.78 is 0. The molecule has 1 aromatic carbocycles. The molecule has 0 saturated carbocycles. The number of rotatable bonds is 3. The molecule has 0 aliphatic rings. The zero-order chi connectivity index (χ0) is 12.1. The minimum Gasteiger partial charge on any atom is -0.322 e. The molecular formula is C12H13N2O2. The zero-order valence-corrected chi connectivity index (χ0v) is 9.20. The Kier molecular flexibility index (Phi) is 3.83. The van der Waals surface area contributed by atoms with Gasteiger partial charge in [0, 0.05) is 6.92 Å². The Morgan fingerprint density at radius 1 is 1.31 bits per heavy atom. The predicted molar refractivity (Wildman–Crippen MR) is 61.1 cm³/mol. The van der Waals surface area contributed by atoms with Crippen LogP contribution in [0.2, 0.25) is 0 Å². The van der Waals surface area contributed by atoms with Gasteiger partial charge in [0.2, 0.25) is 5.91 Å². The van der Waals surface area contributed by atoms with Crippen LogP contribution < -0.4 is 11.1 Å². The van der Waals surface area contributed by atoms with Gasteiger partial charge in [-0.3, -0.25) is 15.3 Å². The molecule has 1 rings (SSSR count). The van der Waals surface area contributed by atoms with E-state index in [2.05, 4.69) is 5.32 Å². The summed E-state index contributed by atoms with van der Waals surface area (Å²) in [6.45, 7) is 3.19. The molecule has 2 amide bonds. The second-order valence-electron chi connectivity index (χ2n) is 3.42. The van der Waals surface area contributed by atoms with Crippen molar-refractivity contribution in [3.63, 3.8) is 0 Å². The molecule has 0 heterocycles. The van der Waals surface area contributed by atoms with E-state index in [-0.39, 0.29) is 11.6 Å². The van der Waals surface area contributed by atoms with E-state index < -0.39 is 5.91 Å². The lowest BCUT2D eigenvalue weighted by molar-refractivity contribution is -0.121. The Bertz CT molecular complexity index is 450. The molecule has 1 radical (unpaired) electrons. The molecule has 4 heteroatoms. The maximum absolute atomic E-state index is 11.0. The Hall–Kier alpha value is -2.10. The molecule has 0 unspecified atom stereocenters. The highest BCUT2D eigenvalue weighted by Gasteiger charge is 2.07. The number of nitrogens with one attached hydrogen (secondary N) is 2. The lowest BCUT2D eigenvalue weighted by Crippen LogP contribution is -2.25. The fourth-order valence-electron chi connectivity index (χ4n) is 1.25. The first-order chi connectivity index (χ1) is 7.50. The van der Waals surface area contributed by atoms with Crippen molar-refractivity contribution >= 4 is 17.9 Å². The van der Waals surface area contributed by atoms with Crippen LogP contribution in [-0.2, 0) is 9.59 Å². The lowest BCUT2D eigenvalue weighted by Gasteiger charge is -2.05. The van der Waals surface area contributed by atoms with Crippen LogP contribution in [0.1, 0.15) is 18.1 Å². The van der Waals surface area contributed by atoms with Crippen molar-refractivity contribution in [2.45, 2.75) is 13.8 Å². The van der Waals surface area contributed by atoms with E-state index in [0.717, 1.165) is 11.1 Å². The van der Waals surface area contributed by atoms with Gasteiger partial charge in [-0.2, -0.15) is 0 Å². The topological polar surface area (TPSA) is 70.0 Å². The molecule has 0 atom stereocenters. The molecule has 0 fully saturated rings. The number of hydrogen-bond donors (Lipinski definition) is 1. The molecule has 0 spiro atoms. The van der Waals surface area contributed by atoms with Crippen LogP contribution in [0.25, 0.3) is 6.08 Å². The van der Waals surface area contributed by atoms with Gasteiger partial charge in [-0.1, -0.05) is 24.3 Å². The Morgan fingerprint density at radius 3 is 2.44 bits per heavy atom. The molecule has 1 aromatic rings. The maximum Gasteiger partial charge on any atom is 0.286 e. The van der Waals surface area contributed by atoms with Gasteiger partial charge >= 0.3 is 0 Å². The summed E-state index contributed by atoms with van der Waals surface area (Å²) >= 11 is 0. The summed E-state index contributed by atoms with van der Waals surface area (Å²) in [4.78, 5) is 21.8. The van der Waals surface area contributed by atoms with Crippen molar-refractivity contribution < 1.29 is 9.59 Å². The highest BCUT2D eigenvalue weighted by Crippen LogP contribution is 2.10. The fraction of sp³-hybridized carbons (Fsp3) is 0.167. The van der Waals surface area contributed by atoms with Crippen LogP contribution in [0.5, 0.6) is 0 Å². The summed E-state index contributed by atoms with van der Waals surface area (Å²) in [6.07, 6.45) is 1.51. The standard InChI is InChI=1S/C12H13N2O2/c1-8-5-3-4-6-10(8)7-11(12(13)16)14-9(2)15/h3-7,13H,1-2H3,(H,14,15). The summed E-state index contributed by atoms with van der Waals surface area (Å²) in [5, 5.41) is 2.34. The first-order valence-corrected chi connectivity index (χ1v) is 4.81. The van der Waals surface area contributed by atoms with Crippen LogP contribution in [0.3, 0.4) is 0 Å². The van der Waals surface area contributed by atoms with Crippen molar-refractivity contribution in [2.75, 3.05) is 0 Å². The highest BCUT2D eigenvalue weighted by atomic mass is 16.2. The van der Waals surface area contributed by atoms with Crippen molar-refractivity contribution in [3.05, 3.63) is 41.1 Å². The van der Waals surface area contributed by atoms with Gasteiger partial charge in [-0.05, 0) is 24.1 Å². The van der Waals surface area contributed by atoms with Gasteiger partial charge in [0.1, 0.15) is 5.70 Å². The molecular weight excluding hydrogens is 204 g/mol. The van der Waals surface area contributed by atoms with Crippen molar-refractivity contribution in [1.29, 1.82) is 0 Å². The van der Waals surface area contributed by atoms with E-state index in [0.29, 0.717) is 0 Å². The first-order valence-electron chi connectivity index (χ1n) is 4.81. The average molecular weight is 217 g/mol. The van der Waals surface area contributed by atoms with Crippen molar-refractivity contribution in [3.8, 4) is 0 Å². The molecule has 2 N–H and O–H groups in total. The van der Waals surface area contributed by atoms with E-state index in [1.54, 1.807) is 0 Å². The molecule has 16 heavy (non-hydrogen) atoms. The van der Waals surface area contributed by atoms with Gasteiger partial charge < -0.3 is 5.32 Å². The molecule has 4 nitrogen and oxygen atoms in total. The molecule has 0 aliphatic heterocycles. The molecule has 0 bridgehead atoms. The first kappa shape index (κ1) is 12.0. The monoisotopic (exact) mass is 217 g/mol. The second kappa shape index (κ2) is 5.11. The van der Waals surface area contributed by atoms with Gasteiger partial charge in [0.25, 0.3) is 5.91 Å². The van der Waals surface area contributed by atoms with Crippen LogP contribution in [0, 0.1) is 6.92 Å². The Balaban J connectivity index is 3.07. The summed E-state index contributed by atoms with van der Waals surface area (Å²) in [5.41, 5.74) is 8.80. The van der Waals surface area contributed by atoms with Crippen molar-refractivity contribution in [1.82, 2.24) is 11.1 Å². The smallest absolute Gasteiger partial charge is 0.286 e. The number of amides is 2. The van der Waals surface area contributed by atoms with Crippen LogP contribution >= 0.6 is 0 Å². The highest BCUT2D eigenvalue weighted by molar-refractivity contribution is 5.99. The van der Waals surface area contributed by atoms with Gasteiger partial charge in [0.05, 0.1) is 0 Å². The summed E-state index contributed by atoms with van der Waals surface area (Å²) in [6, 6.07) is 7.43. The fourth-order valence-corrected chi connectivity index (χ4v) is 1.25. The van der Waals surface area contributed by atoms with Crippen LogP contribution in [0.15, 0.2) is 30.0 Å². The zero-order valence-electron chi connectivity index (χ0n) is 9.20. The van der Waals surface area contributed by atoms with Gasteiger partial charge in [0.15, 0.2) is 0 Å². The van der Waals surface area contributed by atoms with E-state index in [1.807, 2.05) is 31.2 Å². The summed E-state index contributed by atoms with van der Waals surface area (Å²) in [7, 11) is 0. The van der Waals surface area contributed by atoms with E-state index in [9.17, 15) is 9.59 Å². The number of carbonyl (C=O) groups excluding carboxylic acids is 2. The molecule has 83 valence electrons. The van der Waals surface area contributed by atoms with E-state index in [4.69, 9.17) is 5.73 Å². The predicted octanol–water partition coefficient (Wildman–Crippen LogP) is 1.28. The molecule has 0 saturated heterocycles. The van der Waals surface area contributed by atoms with Crippen molar-refractivity contribution in [2.24, 2.45) is 0 Å². The quantitative estimate of drug-likeness (QED) is 0.775. The third-order valence-corrected chi connectivity index (χ3v) is 2.04.